The minimum absolute atomic E-state index is 0.0537. The van der Waals surface area contributed by atoms with E-state index >= 15 is 0 Å². The number of sulfonamides is 1. The number of aromatic nitrogens is 2. The van der Waals surface area contributed by atoms with Crippen molar-refractivity contribution >= 4 is 27.3 Å². The molecule has 2 aromatic rings. The Hall–Kier alpha value is -1.70. The van der Waals surface area contributed by atoms with Crippen LogP contribution in [0.5, 0.6) is 0 Å². The van der Waals surface area contributed by atoms with Crippen molar-refractivity contribution in [1.29, 1.82) is 0 Å². The molecule has 1 heterocycles. The van der Waals surface area contributed by atoms with Crippen molar-refractivity contribution in [1.82, 2.24) is 14.9 Å². The quantitative estimate of drug-likeness (QED) is 0.834. The molecule has 0 spiro atoms. The Bertz CT molecular complexity index is 720. The molecule has 0 atom stereocenters. The van der Waals surface area contributed by atoms with Crippen molar-refractivity contribution in [3.63, 3.8) is 0 Å². The van der Waals surface area contributed by atoms with Gasteiger partial charge in [0.2, 0.25) is 10.0 Å². The maximum Gasteiger partial charge on any atom is 0.241 e. The number of aryl methyl sites for hydroxylation is 1. The molecule has 2 rings (SSSR count). The smallest absolute Gasteiger partial charge is 0.241 e. The zero-order valence-electron chi connectivity index (χ0n) is 10.7. The fourth-order valence-corrected chi connectivity index (χ4v) is 3.11. The minimum Gasteiger partial charge on any atom is -0.397 e. The topological polar surface area (TPSA) is 98.0 Å². The van der Waals surface area contributed by atoms with Crippen LogP contribution in [0.1, 0.15) is 11.3 Å². The van der Waals surface area contributed by atoms with Gasteiger partial charge in [-0.1, -0.05) is 11.6 Å². The second kappa shape index (κ2) is 5.74. The van der Waals surface area contributed by atoms with Gasteiger partial charge in [-0.2, -0.15) is 10.2 Å². The van der Waals surface area contributed by atoms with Crippen LogP contribution in [-0.4, -0.2) is 18.6 Å². The number of nitrogens with one attached hydrogen (secondary N) is 1. The monoisotopic (exact) mass is 312 g/mol. The molecule has 3 N–H and O–H groups in total. The highest BCUT2D eigenvalue weighted by molar-refractivity contribution is 7.89. The molecule has 0 aliphatic rings. The van der Waals surface area contributed by atoms with Crippen LogP contribution in [0, 0.1) is 6.92 Å². The minimum atomic E-state index is -3.68. The molecule has 1 aromatic carbocycles. The molecule has 1 aromatic heterocycles. The van der Waals surface area contributed by atoms with E-state index in [1.807, 2.05) is 0 Å². The summed E-state index contributed by atoms with van der Waals surface area (Å²) in [5.41, 5.74) is 6.91. The van der Waals surface area contributed by atoms with E-state index in [-0.39, 0.29) is 17.1 Å². The van der Waals surface area contributed by atoms with Crippen LogP contribution in [0.25, 0.3) is 0 Å². The van der Waals surface area contributed by atoms with Gasteiger partial charge in [0.25, 0.3) is 0 Å². The van der Waals surface area contributed by atoms with Crippen LogP contribution < -0.4 is 10.5 Å². The van der Waals surface area contributed by atoms with Gasteiger partial charge in [0.1, 0.15) is 0 Å². The molecule has 6 nitrogen and oxygen atoms in total. The molecule has 0 saturated heterocycles. The number of nitrogens with two attached hydrogens (primary N) is 1. The summed E-state index contributed by atoms with van der Waals surface area (Å²) in [5.74, 6) is 0. The van der Waals surface area contributed by atoms with Gasteiger partial charge in [-0.25, -0.2) is 13.1 Å². The van der Waals surface area contributed by atoms with E-state index in [1.165, 1.54) is 18.3 Å². The zero-order valence-corrected chi connectivity index (χ0v) is 12.2. The summed E-state index contributed by atoms with van der Waals surface area (Å²) in [6.45, 7) is 1.71. The second-order valence-electron chi connectivity index (χ2n) is 4.18. The number of hydrogen-bond acceptors (Lipinski definition) is 5. The van der Waals surface area contributed by atoms with Gasteiger partial charge in [0, 0.05) is 6.20 Å². The normalized spacial score (nSPS) is 11.5. The van der Waals surface area contributed by atoms with Crippen LogP contribution in [0.4, 0.5) is 5.69 Å². The second-order valence-corrected chi connectivity index (χ2v) is 6.32. The summed E-state index contributed by atoms with van der Waals surface area (Å²) >= 11 is 5.85. The number of rotatable bonds is 4. The van der Waals surface area contributed by atoms with Crippen LogP contribution in [0.15, 0.2) is 35.4 Å². The Morgan fingerprint density at radius 2 is 2.15 bits per heavy atom. The average molecular weight is 313 g/mol. The van der Waals surface area contributed by atoms with Crippen molar-refractivity contribution in [2.45, 2.75) is 18.4 Å². The van der Waals surface area contributed by atoms with Gasteiger partial charge in [-0.3, -0.25) is 0 Å². The lowest BCUT2D eigenvalue weighted by atomic mass is 10.2. The van der Waals surface area contributed by atoms with Gasteiger partial charge in [0.05, 0.1) is 27.8 Å². The Morgan fingerprint density at radius 3 is 2.80 bits per heavy atom. The van der Waals surface area contributed by atoms with E-state index in [2.05, 4.69) is 14.9 Å². The van der Waals surface area contributed by atoms with Gasteiger partial charge in [0.15, 0.2) is 0 Å². The third-order valence-corrected chi connectivity index (χ3v) is 4.53. The Kier molecular flexibility index (Phi) is 4.22. The fraction of sp³-hybridized carbons (Fsp3) is 0.167. The van der Waals surface area contributed by atoms with E-state index < -0.39 is 10.0 Å². The molecular formula is C12H13ClN4O2S. The number of anilines is 1. The average Bonchev–Trinajstić information content (AvgIpc) is 2.42. The summed E-state index contributed by atoms with van der Waals surface area (Å²) in [7, 11) is -3.68. The predicted octanol–water partition coefficient (Wildman–Crippen LogP) is 1.50. The maximum atomic E-state index is 12.2. The lowest BCUT2D eigenvalue weighted by molar-refractivity contribution is 0.579. The van der Waals surface area contributed by atoms with E-state index in [0.29, 0.717) is 16.3 Å². The highest BCUT2D eigenvalue weighted by Crippen LogP contribution is 2.26. The van der Waals surface area contributed by atoms with Crippen molar-refractivity contribution in [3.05, 3.63) is 46.7 Å². The highest BCUT2D eigenvalue weighted by atomic mass is 35.5. The third-order valence-electron chi connectivity index (χ3n) is 2.65. The van der Waals surface area contributed by atoms with Crippen molar-refractivity contribution < 1.29 is 8.42 Å². The van der Waals surface area contributed by atoms with Crippen molar-refractivity contribution in [2.75, 3.05) is 5.73 Å². The van der Waals surface area contributed by atoms with Crippen LogP contribution in [-0.2, 0) is 16.6 Å². The summed E-state index contributed by atoms with van der Waals surface area (Å²) in [6, 6.07) is 6.23. The number of benzene rings is 1. The fourth-order valence-electron chi connectivity index (χ4n) is 1.63. The van der Waals surface area contributed by atoms with Crippen molar-refractivity contribution in [2.24, 2.45) is 0 Å². The molecule has 0 amide bonds. The number of hydrogen-bond donors (Lipinski definition) is 2. The third kappa shape index (κ3) is 3.24. The van der Waals surface area contributed by atoms with Crippen LogP contribution in [0.2, 0.25) is 5.02 Å². The van der Waals surface area contributed by atoms with E-state index in [0.717, 1.165) is 0 Å². The Morgan fingerprint density at radius 1 is 1.40 bits per heavy atom. The highest BCUT2D eigenvalue weighted by Gasteiger charge is 2.18. The number of nitrogens with zero attached hydrogens (tertiary/aromatic N) is 2. The summed E-state index contributed by atoms with van der Waals surface area (Å²) in [6.07, 6.45) is 1.52. The van der Waals surface area contributed by atoms with E-state index in [9.17, 15) is 8.42 Å². The molecular weight excluding hydrogens is 300 g/mol. The van der Waals surface area contributed by atoms with Crippen LogP contribution >= 0.6 is 11.6 Å². The summed E-state index contributed by atoms with van der Waals surface area (Å²) in [4.78, 5) is 0.100. The van der Waals surface area contributed by atoms with Gasteiger partial charge in [-0.05, 0) is 36.8 Å². The largest absolute Gasteiger partial charge is 0.397 e. The number of halogens is 1. The molecule has 0 bridgehead atoms. The summed E-state index contributed by atoms with van der Waals surface area (Å²) < 4.78 is 26.9. The molecule has 8 heteroatoms. The lowest BCUT2D eigenvalue weighted by Gasteiger charge is -2.10. The maximum absolute atomic E-state index is 12.2. The zero-order chi connectivity index (χ0) is 14.8. The lowest BCUT2D eigenvalue weighted by Crippen LogP contribution is -2.24. The van der Waals surface area contributed by atoms with E-state index in [4.69, 9.17) is 17.3 Å². The molecule has 0 unspecified atom stereocenters. The Labute approximate surface area is 122 Å². The van der Waals surface area contributed by atoms with Gasteiger partial charge >= 0.3 is 0 Å². The first-order valence-corrected chi connectivity index (χ1v) is 7.58. The molecule has 0 aliphatic carbocycles. The SMILES string of the molecule is Cc1cc(Cl)c(N)cc1S(=O)(=O)NCc1cccnn1. The van der Waals surface area contributed by atoms with Gasteiger partial charge < -0.3 is 5.73 Å². The standard InChI is InChI=1S/C12H13ClN4O2S/c1-8-5-10(13)11(14)6-12(8)20(18,19)16-7-9-3-2-4-15-17-9/h2-6,16H,7,14H2,1H3. The first kappa shape index (κ1) is 14.7. The predicted molar refractivity (Wildman–Crippen MR) is 76.7 cm³/mol. The molecule has 20 heavy (non-hydrogen) atoms. The van der Waals surface area contributed by atoms with Gasteiger partial charge in [-0.15, -0.1) is 0 Å². The first-order chi connectivity index (χ1) is 9.40. The molecule has 0 saturated carbocycles. The molecule has 0 radical (unpaired) electrons. The van der Waals surface area contributed by atoms with E-state index in [1.54, 1.807) is 19.1 Å². The van der Waals surface area contributed by atoms with Crippen LogP contribution in [0.3, 0.4) is 0 Å². The number of nitrogen functional groups attached to an aromatic ring is 1. The Balaban J connectivity index is 2.25. The molecule has 106 valence electrons. The summed E-state index contributed by atoms with van der Waals surface area (Å²) in [5, 5.41) is 7.81. The van der Waals surface area contributed by atoms with Crippen molar-refractivity contribution in [3.8, 4) is 0 Å². The first-order valence-electron chi connectivity index (χ1n) is 5.72. The molecule has 0 aliphatic heterocycles. The molecule has 0 fully saturated rings.